The van der Waals surface area contributed by atoms with Crippen molar-refractivity contribution in [1.29, 1.82) is 0 Å². The second-order valence-corrected chi connectivity index (χ2v) is 5.32. The fourth-order valence-corrected chi connectivity index (χ4v) is 2.26. The third-order valence-electron chi connectivity index (χ3n) is 1.73. The van der Waals surface area contributed by atoms with Gasteiger partial charge in [0.15, 0.2) is 0 Å². The second-order valence-electron chi connectivity index (χ2n) is 3.70. The Kier molecular flexibility index (Phi) is 8.43. The van der Waals surface area contributed by atoms with Gasteiger partial charge in [-0.1, -0.05) is 13.3 Å². The normalized spacial score (nSPS) is 15.8. The van der Waals surface area contributed by atoms with Gasteiger partial charge >= 0.3 is 0 Å². The van der Waals surface area contributed by atoms with E-state index in [1.54, 1.807) is 0 Å². The van der Waals surface area contributed by atoms with E-state index in [0.29, 0.717) is 11.5 Å². The smallest absolute Gasteiger partial charge is 0.0888 e. The zero-order valence-corrected chi connectivity index (χ0v) is 10.2. The molecule has 0 aliphatic heterocycles. The fraction of sp³-hybridized carbons (Fsp3) is 1.00. The Morgan fingerprint density at radius 2 is 2.07 bits per heavy atom. The minimum Gasteiger partial charge on any atom is -0.390 e. The summed E-state index contributed by atoms with van der Waals surface area (Å²) in [5.41, 5.74) is 0. The van der Waals surface area contributed by atoms with Crippen LogP contribution in [0.15, 0.2) is 0 Å². The highest BCUT2D eigenvalue weighted by Gasteiger charge is 2.09. The Hall–Kier alpha value is 0.0700. The minimum absolute atomic E-state index is 0.119. The Balaban J connectivity index is 3.50. The van der Waals surface area contributed by atoms with Crippen LogP contribution in [-0.2, 0) is 15.5 Å². The van der Waals surface area contributed by atoms with Crippen LogP contribution in [0.25, 0.3) is 0 Å². The monoisotopic (exact) mass is 222 g/mol. The molecule has 0 bridgehead atoms. The highest BCUT2D eigenvalue weighted by molar-refractivity contribution is 7.85. The molecule has 4 heteroatoms. The Bertz CT molecular complexity index is 159. The van der Waals surface area contributed by atoms with Crippen LogP contribution in [0.1, 0.15) is 33.6 Å². The zero-order valence-electron chi connectivity index (χ0n) is 9.36. The molecule has 0 saturated heterocycles. The van der Waals surface area contributed by atoms with E-state index in [2.05, 4.69) is 6.92 Å². The lowest BCUT2D eigenvalue weighted by molar-refractivity contribution is 0.0149. The summed E-state index contributed by atoms with van der Waals surface area (Å²) in [7, 11) is -0.895. The van der Waals surface area contributed by atoms with E-state index in [9.17, 15) is 9.32 Å². The molecule has 0 spiro atoms. The fourth-order valence-electron chi connectivity index (χ4n) is 0.955. The molecular formula is C10H22O3S. The molecule has 0 aliphatic carbocycles. The van der Waals surface area contributed by atoms with Gasteiger partial charge in [0.05, 0.1) is 24.6 Å². The molecule has 0 aromatic heterocycles. The van der Waals surface area contributed by atoms with Gasteiger partial charge in [0.25, 0.3) is 0 Å². The lowest BCUT2D eigenvalue weighted by Crippen LogP contribution is -2.25. The van der Waals surface area contributed by atoms with Crippen molar-refractivity contribution < 1.29 is 14.1 Å². The average molecular weight is 222 g/mol. The van der Waals surface area contributed by atoms with Gasteiger partial charge in [0.1, 0.15) is 0 Å². The predicted molar refractivity (Wildman–Crippen MR) is 59.9 cm³/mol. The van der Waals surface area contributed by atoms with Crippen molar-refractivity contribution >= 4 is 10.8 Å². The first-order chi connectivity index (χ1) is 6.56. The maximum Gasteiger partial charge on any atom is 0.0888 e. The van der Waals surface area contributed by atoms with Crippen molar-refractivity contribution in [2.45, 2.75) is 45.8 Å². The van der Waals surface area contributed by atoms with Crippen LogP contribution in [0.3, 0.4) is 0 Å². The molecular weight excluding hydrogens is 200 g/mol. The number of aliphatic hydroxyl groups excluding tert-OH is 1. The number of unbranched alkanes of at least 4 members (excludes halogenated alkanes) is 1. The van der Waals surface area contributed by atoms with Crippen LogP contribution in [0.2, 0.25) is 0 Å². The molecule has 0 heterocycles. The Morgan fingerprint density at radius 3 is 2.57 bits per heavy atom. The summed E-state index contributed by atoms with van der Waals surface area (Å²) in [6.07, 6.45) is 1.54. The third kappa shape index (κ3) is 8.66. The summed E-state index contributed by atoms with van der Waals surface area (Å²) >= 11 is 0. The molecule has 0 fully saturated rings. The molecule has 0 rings (SSSR count). The molecule has 3 nitrogen and oxygen atoms in total. The average Bonchev–Trinajstić information content (AvgIpc) is 2.11. The number of hydrogen-bond donors (Lipinski definition) is 1. The van der Waals surface area contributed by atoms with Crippen LogP contribution >= 0.6 is 0 Å². The van der Waals surface area contributed by atoms with E-state index < -0.39 is 16.9 Å². The van der Waals surface area contributed by atoms with Gasteiger partial charge in [-0.3, -0.25) is 4.21 Å². The molecule has 86 valence electrons. The van der Waals surface area contributed by atoms with Gasteiger partial charge in [0.2, 0.25) is 0 Å². The zero-order chi connectivity index (χ0) is 11.0. The topological polar surface area (TPSA) is 46.5 Å². The van der Waals surface area contributed by atoms with Gasteiger partial charge in [-0.2, -0.15) is 0 Å². The predicted octanol–water partition coefficient (Wildman–Crippen LogP) is 1.32. The quantitative estimate of drug-likeness (QED) is 0.674. The van der Waals surface area contributed by atoms with E-state index in [-0.39, 0.29) is 12.7 Å². The van der Waals surface area contributed by atoms with Crippen molar-refractivity contribution in [3.63, 3.8) is 0 Å². The lowest BCUT2D eigenvalue weighted by Gasteiger charge is -2.12. The number of aliphatic hydroxyl groups is 1. The van der Waals surface area contributed by atoms with Gasteiger partial charge in [-0.25, -0.2) is 0 Å². The van der Waals surface area contributed by atoms with Crippen molar-refractivity contribution in [3.8, 4) is 0 Å². The van der Waals surface area contributed by atoms with Crippen molar-refractivity contribution in [2.24, 2.45) is 0 Å². The SMILES string of the molecule is CCCC[S@@](=O)C[C@@H](O)COC(C)C. The molecule has 0 unspecified atom stereocenters. The first-order valence-corrected chi connectivity index (χ1v) is 6.69. The summed E-state index contributed by atoms with van der Waals surface area (Å²) in [6, 6.07) is 0. The molecule has 0 aromatic rings. The molecule has 0 aromatic carbocycles. The maximum atomic E-state index is 11.4. The molecule has 0 radical (unpaired) electrons. The maximum absolute atomic E-state index is 11.4. The van der Waals surface area contributed by atoms with E-state index in [4.69, 9.17) is 4.74 Å². The summed E-state index contributed by atoms with van der Waals surface area (Å²) < 4.78 is 16.6. The first-order valence-electron chi connectivity index (χ1n) is 5.20. The summed E-state index contributed by atoms with van der Waals surface area (Å²) in [6.45, 7) is 6.19. The molecule has 0 saturated carbocycles. The lowest BCUT2D eigenvalue weighted by atomic mass is 10.4. The van der Waals surface area contributed by atoms with Crippen molar-refractivity contribution in [2.75, 3.05) is 18.1 Å². The molecule has 0 amide bonds. The van der Waals surface area contributed by atoms with E-state index >= 15 is 0 Å². The van der Waals surface area contributed by atoms with Gasteiger partial charge < -0.3 is 9.84 Å². The van der Waals surface area contributed by atoms with Crippen LogP contribution in [0.5, 0.6) is 0 Å². The first kappa shape index (κ1) is 14.1. The van der Waals surface area contributed by atoms with Gasteiger partial charge in [-0.15, -0.1) is 0 Å². The number of ether oxygens (including phenoxy) is 1. The Morgan fingerprint density at radius 1 is 1.43 bits per heavy atom. The largest absolute Gasteiger partial charge is 0.390 e. The second kappa shape index (κ2) is 8.38. The number of hydrogen-bond acceptors (Lipinski definition) is 3. The highest BCUT2D eigenvalue weighted by Crippen LogP contribution is 1.97. The molecule has 0 aliphatic rings. The Labute approximate surface area is 89.3 Å². The van der Waals surface area contributed by atoms with Crippen LogP contribution in [-0.4, -0.2) is 39.6 Å². The van der Waals surface area contributed by atoms with Crippen molar-refractivity contribution in [1.82, 2.24) is 0 Å². The summed E-state index contributed by atoms with van der Waals surface area (Å²) in [5, 5.41) is 9.45. The van der Waals surface area contributed by atoms with Crippen LogP contribution in [0, 0.1) is 0 Å². The standard InChI is InChI=1S/C10H22O3S/c1-4-5-6-14(12)8-10(11)7-13-9(2)3/h9-11H,4-8H2,1-3H3/t10-,14+/m0/s1. The van der Waals surface area contributed by atoms with E-state index in [1.807, 2.05) is 13.8 Å². The highest BCUT2D eigenvalue weighted by atomic mass is 32.2. The van der Waals surface area contributed by atoms with Crippen molar-refractivity contribution in [3.05, 3.63) is 0 Å². The number of rotatable bonds is 8. The van der Waals surface area contributed by atoms with Gasteiger partial charge in [0, 0.05) is 16.6 Å². The van der Waals surface area contributed by atoms with Crippen LogP contribution < -0.4 is 0 Å². The van der Waals surface area contributed by atoms with Crippen LogP contribution in [0.4, 0.5) is 0 Å². The van der Waals surface area contributed by atoms with E-state index in [0.717, 1.165) is 12.8 Å². The minimum atomic E-state index is -0.895. The molecule has 14 heavy (non-hydrogen) atoms. The molecule has 2 atom stereocenters. The third-order valence-corrected chi connectivity index (χ3v) is 3.23. The van der Waals surface area contributed by atoms with Gasteiger partial charge in [-0.05, 0) is 20.3 Å². The summed E-state index contributed by atoms with van der Waals surface area (Å²) in [5.74, 6) is 1.03. The summed E-state index contributed by atoms with van der Waals surface area (Å²) in [4.78, 5) is 0. The van der Waals surface area contributed by atoms with E-state index in [1.165, 1.54) is 0 Å². The molecule has 1 N–H and O–H groups in total.